The monoisotopic (exact) mass is 235 g/mol. The summed E-state index contributed by atoms with van der Waals surface area (Å²) in [5.74, 6) is 0.979. The molecule has 0 spiro atoms. The van der Waals surface area contributed by atoms with E-state index in [0.717, 1.165) is 17.1 Å². The second kappa shape index (κ2) is 4.99. The van der Waals surface area contributed by atoms with Gasteiger partial charge in [-0.25, -0.2) is 0 Å². The molecule has 1 amide bonds. The van der Waals surface area contributed by atoms with Crippen molar-refractivity contribution < 1.29 is 9.21 Å². The van der Waals surface area contributed by atoms with E-state index < -0.39 is 0 Å². The summed E-state index contributed by atoms with van der Waals surface area (Å²) in [5.41, 5.74) is 0. The fourth-order valence-corrected chi connectivity index (χ4v) is 2.14. The second-order valence-electron chi connectivity index (χ2n) is 3.53. The molecule has 4 heteroatoms. The van der Waals surface area contributed by atoms with Crippen LogP contribution in [-0.4, -0.2) is 24.4 Å². The molecule has 2 aromatic rings. The molecule has 0 radical (unpaired) electrons. The van der Waals surface area contributed by atoms with Gasteiger partial charge in [-0.2, -0.15) is 0 Å². The van der Waals surface area contributed by atoms with Crippen LogP contribution in [0.1, 0.15) is 15.4 Å². The van der Waals surface area contributed by atoms with E-state index in [0.29, 0.717) is 6.54 Å². The molecule has 84 valence electrons. The van der Waals surface area contributed by atoms with Crippen LogP contribution in [0.2, 0.25) is 0 Å². The number of furan rings is 1. The lowest BCUT2D eigenvalue weighted by molar-refractivity contribution is 0.0800. The van der Waals surface area contributed by atoms with Crippen molar-refractivity contribution in [2.24, 2.45) is 0 Å². The quantitative estimate of drug-likeness (QED) is 0.816. The van der Waals surface area contributed by atoms with Crippen molar-refractivity contribution in [1.29, 1.82) is 0 Å². The Balaban J connectivity index is 1.89. The maximum Gasteiger partial charge on any atom is 0.263 e. The van der Waals surface area contributed by atoms with Gasteiger partial charge in [0.05, 0.1) is 11.1 Å². The first-order valence-electron chi connectivity index (χ1n) is 5.09. The molecule has 0 saturated carbocycles. The van der Waals surface area contributed by atoms with E-state index in [-0.39, 0.29) is 5.91 Å². The van der Waals surface area contributed by atoms with Crippen molar-refractivity contribution in [1.82, 2.24) is 4.90 Å². The van der Waals surface area contributed by atoms with E-state index >= 15 is 0 Å². The minimum atomic E-state index is 0.0709. The van der Waals surface area contributed by atoms with Crippen LogP contribution in [0.4, 0.5) is 0 Å². The fourth-order valence-electron chi connectivity index (χ4n) is 1.42. The third-order valence-corrected chi connectivity index (χ3v) is 3.21. The minimum absolute atomic E-state index is 0.0709. The summed E-state index contributed by atoms with van der Waals surface area (Å²) in [6.45, 7) is 0.671. The van der Waals surface area contributed by atoms with Crippen molar-refractivity contribution in [3.63, 3.8) is 0 Å². The topological polar surface area (TPSA) is 33.5 Å². The summed E-state index contributed by atoms with van der Waals surface area (Å²) in [5, 5.41) is 1.91. The third kappa shape index (κ3) is 2.52. The first-order chi connectivity index (χ1) is 7.77. The Bertz CT molecular complexity index is 434. The van der Waals surface area contributed by atoms with Gasteiger partial charge in [-0.1, -0.05) is 6.07 Å². The van der Waals surface area contributed by atoms with Crippen molar-refractivity contribution in [3.8, 4) is 0 Å². The van der Waals surface area contributed by atoms with Gasteiger partial charge in [0.2, 0.25) is 0 Å². The summed E-state index contributed by atoms with van der Waals surface area (Å²) >= 11 is 1.47. The Morgan fingerprint density at radius 1 is 1.44 bits per heavy atom. The SMILES string of the molecule is CN(CCc1ccco1)C(=O)c1cccs1. The highest BCUT2D eigenvalue weighted by Gasteiger charge is 2.12. The summed E-state index contributed by atoms with van der Waals surface area (Å²) in [6.07, 6.45) is 2.40. The van der Waals surface area contributed by atoms with E-state index in [1.165, 1.54) is 11.3 Å². The average Bonchev–Trinajstić information content (AvgIpc) is 2.96. The lowest BCUT2D eigenvalue weighted by Crippen LogP contribution is -2.28. The van der Waals surface area contributed by atoms with Gasteiger partial charge >= 0.3 is 0 Å². The zero-order valence-corrected chi connectivity index (χ0v) is 9.87. The average molecular weight is 235 g/mol. The smallest absolute Gasteiger partial charge is 0.263 e. The molecule has 0 bridgehead atoms. The highest BCUT2D eigenvalue weighted by molar-refractivity contribution is 7.12. The van der Waals surface area contributed by atoms with E-state index in [4.69, 9.17) is 4.42 Å². The van der Waals surface area contributed by atoms with Gasteiger partial charge < -0.3 is 9.32 Å². The largest absolute Gasteiger partial charge is 0.469 e. The lowest BCUT2D eigenvalue weighted by atomic mass is 10.3. The fraction of sp³-hybridized carbons (Fsp3) is 0.250. The first-order valence-corrected chi connectivity index (χ1v) is 5.96. The lowest BCUT2D eigenvalue weighted by Gasteiger charge is -2.15. The zero-order valence-electron chi connectivity index (χ0n) is 9.05. The van der Waals surface area contributed by atoms with Crippen LogP contribution in [-0.2, 0) is 6.42 Å². The summed E-state index contributed by atoms with van der Waals surface area (Å²) in [7, 11) is 1.81. The Morgan fingerprint density at radius 3 is 2.94 bits per heavy atom. The molecular formula is C12H13NO2S. The number of rotatable bonds is 4. The number of hydrogen-bond acceptors (Lipinski definition) is 3. The highest BCUT2D eigenvalue weighted by atomic mass is 32.1. The van der Waals surface area contributed by atoms with Crippen molar-refractivity contribution >= 4 is 17.2 Å². The van der Waals surface area contributed by atoms with Crippen molar-refractivity contribution in [2.75, 3.05) is 13.6 Å². The first kappa shape index (κ1) is 11.0. The normalized spacial score (nSPS) is 10.3. The molecule has 2 heterocycles. The van der Waals surface area contributed by atoms with Crippen LogP contribution < -0.4 is 0 Å². The molecule has 2 aromatic heterocycles. The molecule has 0 aliphatic heterocycles. The Hall–Kier alpha value is -1.55. The Kier molecular flexibility index (Phi) is 3.41. The van der Waals surface area contributed by atoms with E-state index in [2.05, 4.69) is 0 Å². The summed E-state index contributed by atoms with van der Waals surface area (Å²) in [6, 6.07) is 7.51. The van der Waals surface area contributed by atoms with Crippen LogP contribution in [0.5, 0.6) is 0 Å². The van der Waals surface area contributed by atoms with Gasteiger partial charge in [-0.05, 0) is 23.6 Å². The number of likely N-dealkylation sites (N-methyl/N-ethyl adjacent to an activating group) is 1. The van der Waals surface area contributed by atoms with E-state index in [1.807, 2.05) is 36.7 Å². The van der Waals surface area contributed by atoms with Gasteiger partial charge in [-0.3, -0.25) is 4.79 Å². The van der Waals surface area contributed by atoms with E-state index in [9.17, 15) is 4.79 Å². The summed E-state index contributed by atoms with van der Waals surface area (Å²) in [4.78, 5) is 14.4. The van der Waals surface area contributed by atoms with Crippen LogP contribution >= 0.6 is 11.3 Å². The second-order valence-corrected chi connectivity index (χ2v) is 4.48. The molecule has 0 saturated heterocycles. The number of amides is 1. The standard InChI is InChI=1S/C12H13NO2S/c1-13(7-6-10-4-2-8-15-10)12(14)11-5-3-9-16-11/h2-5,8-9H,6-7H2,1H3. The zero-order chi connectivity index (χ0) is 11.4. The van der Waals surface area contributed by atoms with Gasteiger partial charge in [0, 0.05) is 20.0 Å². The summed E-state index contributed by atoms with van der Waals surface area (Å²) < 4.78 is 5.22. The number of thiophene rings is 1. The van der Waals surface area contributed by atoms with Gasteiger partial charge in [0.1, 0.15) is 5.76 Å². The molecule has 16 heavy (non-hydrogen) atoms. The molecule has 3 nitrogen and oxygen atoms in total. The molecule has 2 rings (SSSR count). The molecule has 0 atom stereocenters. The van der Waals surface area contributed by atoms with E-state index in [1.54, 1.807) is 11.2 Å². The molecule has 0 aliphatic rings. The van der Waals surface area contributed by atoms with Crippen LogP contribution in [0.15, 0.2) is 40.3 Å². The number of carbonyl (C=O) groups excluding carboxylic acids is 1. The third-order valence-electron chi connectivity index (χ3n) is 2.35. The van der Waals surface area contributed by atoms with Gasteiger partial charge in [0.25, 0.3) is 5.91 Å². The molecule has 0 fully saturated rings. The highest BCUT2D eigenvalue weighted by Crippen LogP contribution is 2.11. The molecule has 0 aliphatic carbocycles. The predicted octanol–water partition coefficient (Wildman–Crippen LogP) is 2.66. The van der Waals surface area contributed by atoms with Crippen molar-refractivity contribution in [3.05, 3.63) is 46.5 Å². The number of hydrogen-bond donors (Lipinski definition) is 0. The number of nitrogens with zero attached hydrogens (tertiary/aromatic N) is 1. The Morgan fingerprint density at radius 2 is 2.31 bits per heavy atom. The molecule has 0 unspecified atom stereocenters. The molecule has 0 aromatic carbocycles. The molecule has 0 N–H and O–H groups in total. The van der Waals surface area contributed by atoms with Crippen LogP contribution in [0.25, 0.3) is 0 Å². The van der Waals surface area contributed by atoms with Gasteiger partial charge in [0.15, 0.2) is 0 Å². The maximum absolute atomic E-state index is 11.9. The van der Waals surface area contributed by atoms with Gasteiger partial charge in [-0.15, -0.1) is 11.3 Å². The molecular weight excluding hydrogens is 222 g/mol. The number of carbonyl (C=O) groups is 1. The van der Waals surface area contributed by atoms with Crippen molar-refractivity contribution in [2.45, 2.75) is 6.42 Å². The minimum Gasteiger partial charge on any atom is -0.469 e. The Labute approximate surface area is 98.3 Å². The maximum atomic E-state index is 11.9. The van der Waals surface area contributed by atoms with Crippen LogP contribution in [0, 0.1) is 0 Å². The van der Waals surface area contributed by atoms with Crippen LogP contribution in [0.3, 0.4) is 0 Å². The predicted molar refractivity (Wildman–Crippen MR) is 63.7 cm³/mol.